The van der Waals surface area contributed by atoms with Crippen LogP contribution in [0, 0.1) is 13.8 Å². The van der Waals surface area contributed by atoms with E-state index in [1.165, 1.54) is 22.3 Å². The SMILES string of the molecule is CCNC(c1cccc(C)c1)c1ccc(C)cc1OC. The first-order valence-electron chi connectivity index (χ1n) is 7.10. The molecule has 2 rings (SSSR count). The van der Waals surface area contributed by atoms with Gasteiger partial charge in [0, 0.05) is 5.56 Å². The van der Waals surface area contributed by atoms with Crippen molar-refractivity contribution in [3.63, 3.8) is 0 Å². The molecule has 0 aliphatic carbocycles. The summed E-state index contributed by atoms with van der Waals surface area (Å²) in [5, 5.41) is 3.56. The number of ether oxygens (including phenoxy) is 1. The molecule has 0 spiro atoms. The summed E-state index contributed by atoms with van der Waals surface area (Å²) in [5.41, 5.74) is 4.95. The first-order chi connectivity index (χ1) is 9.65. The highest BCUT2D eigenvalue weighted by molar-refractivity contribution is 5.44. The van der Waals surface area contributed by atoms with Crippen LogP contribution < -0.4 is 10.1 Å². The van der Waals surface area contributed by atoms with Crippen LogP contribution in [0.1, 0.15) is 35.2 Å². The van der Waals surface area contributed by atoms with Crippen molar-refractivity contribution in [3.8, 4) is 5.75 Å². The van der Waals surface area contributed by atoms with Crippen molar-refractivity contribution in [2.75, 3.05) is 13.7 Å². The van der Waals surface area contributed by atoms with Crippen LogP contribution in [0.15, 0.2) is 42.5 Å². The molecule has 0 heterocycles. The molecule has 0 fully saturated rings. The monoisotopic (exact) mass is 269 g/mol. The molecular weight excluding hydrogens is 246 g/mol. The summed E-state index contributed by atoms with van der Waals surface area (Å²) >= 11 is 0. The van der Waals surface area contributed by atoms with Gasteiger partial charge in [-0.25, -0.2) is 0 Å². The molecule has 0 bridgehead atoms. The standard InChI is InChI=1S/C18H23NO/c1-5-19-18(15-8-6-7-13(2)11-15)16-10-9-14(3)12-17(16)20-4/h6-12,18-19H,5H2,1-4H3. The van der Waals surface area contributed by atoms with Crippen molar-refractivity contribution in [2.45, 2.75) is 26.8 Å². The zero-order valence-corrected chi connectivity index (χ0v) is 12.7. The summed E-state index contributed by atoms with van der Waals surface area (Å²) < 4.78 is 5.57. The van der Waals surface area contributed by atoms with Gasteiger partial charge in [-0.05, 0) is 37.6 Å². The second-order valence-electron chi connectivity index (χ2n) is 5.15. The highest BCUT2D eigenvalue weighted by atomic mass is 16.5. The fourth-order valence-electron chi connectivity index (χ4n) is 2.52. The zero-order valence-electron chi connectivity index (χ0n) is 12.7. The van der Waals surface area contributed by atoms with Crippen molar-refractivity contribution in [2.24, 2.45) is 0 Å². The predicted molar refractivity (Wildman–Crippen MR) is 84.4 cm³/mol. The van der Waals surface area contributed by atoms with Crippen LogP contribution in [0.5, 0.6) is 5.75 Å². The molecule has 0 aliphatic rings. The lowest BCUT2D eigenvalue weighted by molar-refractivity contribution is 0.404. The Hall–Kier alpha value is -1.80. The molecule has 0 amide bonds. The summed E-state index contributed by atoms with van der Waals surface area (Å²) in [6.07, 6.45) is 0. The number of aryl methyl sites for hydroxylation is 2. The maximum absolute atomic E-state index is 5.57. The van der Waals surface area contributed by atoms with Gasteiger partial charge in [0.15, 0.2) is 0 Å². The van der Waals surface area contributed by atoms with Crippen LogP contribution in [0.4, 0.5) is 0 Å². The Bertz CT molecular complexity index is 577. The first kappa shape index (κ1) is 14.6. The van der Waals surface area contributed by atoms with Crippen molar-refractivity contribution >= 4 is 0 Å². The van der Waals surface area contributed by atoms with E-state index < -0.39 is 0 Å². The van der Waals surface area contributed by atoms with E-state index in [-0.39, 0.29) is 6.04 Å². The fourth-order valence-corrected chi connectivity index (χ4v) is 2.52. The van der Waals surface area contributed by atoms with Crippen molar-refractivity contribution in [1.29, 1.82) is 0 Å². The van der Waals surface area contributed by atoms with Gasteiger partial charge in [-0.1, -0.05) is 48.9 Å². The maximum Gasteiger partial charge on any atom is 0.124 e. The highest BCUT2D eigenvalue weighted by Crippen LogP contribution is 2.31. The van der Waals surface area contributed by atoms with Gasteiger partial charge in [0.05, 0.1) is 13.2 Å². The van der Waals surface area contributed by atoms with Crippen LogP contribution >= 0.6 is 0 Å². The smallest absolute Gasteiger partial charge is 0.124 e. The molecule has 0 radical (unpaired) electrons. The molecule has 106 valence electrons. The second kappa shape index (κ2) is 6.58. The van der Waals surface area contributed by atoms with E-state index in [0.717, 1.165) is 12.3 Å². The van der Waals surface area contributed by atoms with E-state index in [9.17, 15) is 0 Å². The Kier molecular flexibility index (Phi) is 4.80. The summed E-state index contributed by atoms with van der Waals surface area (Å²) in [5.74, 6) is 0.942. The highest BCUT2D eigenvalue weighted by Gasteiger charge is 2.17. The van der Waals surface area contributed by atoms with Gasteiger partial charge >= 0.3 is 0 Å². The third kappa shape index (κ3) is 3.20. The molecule has 1 N–H and O–H groups in total. The third-order valence-electron chi connectivity index (χ3n) is 3.48. The Morgan fingerprint density at radius 3 is 2.45 bits per heavy atom. The molecular formula is C18H23NO. The minimum Gasteiger partial charge on any atom is -0.496 e. The van der Waals surface area contributed by atoms with E-state index in [4.69, 9.17) is 4.74 Å². The van der Waals surface area contributed by atoms with Crippen molar-refractivity contribution < 1.29 is 4.74 Å². The molecule has 20 heavy (non-hydrogen) atoms. The van der Waals surface area contributed by atoms with E-state index >= 15 is 0 Å². The number of nitrogens with one attached hydrogen (secondary N) is 1. The molecule has 0 aromatic heterocycles. The van der Waals surface area contributed by atoms with Gasteiger partial charge in [-0.2, -0.15) is 0 Å². The normalized spacial score (nSPS) is 12.2. The van der Waals surface area contributed by atoms with E-state index in [2.05, 4.69) is 68.6 Å². The zero-order chi connectivity index (χ0) is 14.5. The lowest BCUT2D eigenvalue weighted by Crippen LogP contribution is -2.22. The Morgan fingerprint density at radius 1 is 1.05 bits per heavy atom. The van der Waals surface area contributed by atoms with E-state index in [0.29, 0.717) is 0 Å². The van der Waals surface area contributed by atoms with Gasteiger partial charge in [0.2, 0.25) is 0 Å². The number of benzene rings is 2. The fraction of sp³-hybridized carbons (Fsp3) is 0.333. The molecule has 1 unspecified atom stereocenters. The summed E-state index contributed by atoms with van der Waals surface area (Å²) in [7, 11) is 1.73. The average molecular weight is 269 g/mol. The largest absolute Gasteiger partial charge is 0.496 e. The number of rotatable bonds is 5. The minimum absolute atomic E-state index is 0.162. The molecule has 1 atom stereocenters. The maximum atomic E-state index is 5.57. The lowest BCUT2D eigenvalue weighted by atomic mass is 9.95. The quantitative estimate of drug-likeness (QED) is 0.885. The summed E-state index contributed by atoms with van der Waals surface area (Å²) in [6.45, 7) is 7.25. The van der Waals surface area contributed by atoms with Gasteiger partial charge in [-0.3, -0.25) is 0 Å². The van der Waals surface area contributed by atoms with Gasteiger partial charge in [0.1, 0.15) is 5.75 Å². The summed E-state index contributed by atoms with van der Waals surface area (Å²) in [4.78, 5) is 0. The average Bonchev–Trinajstić information content (AvgIpc) is 2.45. The molecule has 2 aromatic carbocycles. The van der Waals surface area contributed by atoms with Gasteiger partial charge in [-0.15, -0.1) is 0 Å². The lowest BCUT2D eigenvalue weighted by Gasteiger charge is -2.22. The van der Waals surface area contributed by atoms with Crippen LogP contribution in [-0.2, 0) is 0 Å². The Labute approximate surface area is 121 Å². The first-order valence-corrected chi connectivity index (χ1v) is 7.10. The number of hydrogen-bond donors (Lipinski definition) is 1. The van der Waals surface area contributed by atoms with E-state index in [1.54, 1.807) is 7.11 Å². The van der Waals surface area contributed by atoms with Gasteiger partial charge in [0.25, 0.3) is 0 Å². The van der Waals surface area contributed by atoms with Gasteiger partial charge < -0.3 is 10.1 Å². The topological polar surface area (TPSA) is 21.3 Å². The summed E-state index contributed by atoms with van der Waals surface area (Å²) in [6, 6.07) is 15.2. The third-order valence-corrected chi connectivity index (χ3v) is 3.48. The van der Waals surface area contributed by atoms with E-state index in [1.807, 2.05) is 0 Å². The van der Waals surface area contributed by atoms with Crippen LogP contribution in [-0.4, -0.2) is 13.7 Å². The Balaban J connectivity index is 2.48. The Morgan fingerprint density at radius 2 is 1.80 bits per heavy atom. The second-order valence-corrected chi connectivity index (χ2v) is 5.15. The number of hydrogen-bond acceptors (Lipinski definition) is 2. The molecule has 0 aliphatic heterocycles. The molecule has 0 saturated heterocycles. The van der Waals surface area contributed by atoms with Crippen molar-refractivity contribution in [3.05, 3.63) is 64.7 Å². The van der Waals surface area contributed by atoms with Crippen LogP contribution in [0.3, 0.4) is 0 Å². The van der Waals surface area contributed by atoms with Crippen LogP contribution in [0.2, 0.25) is 0 Å². The van der Waals surface area contributed by atoms with Crippen LogP contribution in [0.25, 0.3) is 0 Å². The molecule has 0 saturated carbocycles. The van der Waals surface area contributed by atoms with Crippen molar-refractivity contribution in [1.82, 2.24) is 5.32 Å². The predicted octanol–water partition coefficient (Wildman–Crippen LogP) is 4.01. The molecule has 2 nitrogen and oxygen atoms in total. The molecule has 2 aromatic rings. The minimum atomic E-state index is 0.162. The molecule has 2 heteroatoms. The number of methoxy groups -OCH3 is 1.